The van der Waals surface area contributed by atoms with Crippen LogP contribution in [0.1, 0.15) is 20.6 Å². The molecule has 0 saturated heterocycles. The van der Waals surface area contributed by atoms with Gasteiger partial charge in [-0.25, -0.2) is 0 Å². The molecule has 1 unspecified atom stereocenters. The number of hydrogen-bond acceptors (Lipinski definition) is 0. The third-order valence-corrected chi connectivity index (χ3v) is 5.99. The third kappa shape index (κ3) is 1.25. The quantitative estimate of drug-likeness (QED) is 0.342. The Balaban J connectivity index is 2.22. The molecule has 3 rings (SSSR count). The first-order valence-electron chi connectivity index (χ1n) is 4.80. The average Bonchev–Trinajstić information content (AvgIpc) is 2.19. The Morgan fingerprint density at radius 3 is 3.15 bits per heavy atom. The Labute approximate surface area is 89.3 Å². The number of benzene rings is 1. The molecular formula is C12H12I-. The van der Waals surface area contributed by atoms with Gasteiger partial charge in [-0.05, 0) is 0 Å². The van der Waals surface area contributed by atoms with Gasteiger partial charge in [0.25, 0.3) is 0 Å². The van der Waals surface area contributed by atoms with Crippen LogP contribution in [0.4, 0.5) is 0 Å². The van der Waals surface area contributed by atoms with E-state index in [2.05, 4.69) is 30.4 Å². The second-order valence-electron chi connectivity index (χ2n) is 3.62. The number of halogens is 1. The molecule has 0 bridgehead atoms. The minimum atomic E-state index is 0.407. The van der Waals surface area contributed by atoms with E-state index in [1.807, 2.05) is 0 Å². The molecule has 1 heteroatoms. The molecule has 0 N–H and O–H groups in total. The van der Waals surface area contributed by atoms with Crippen LogP contribution in [0, 0.1) is 0 Å². The fourth-order valence-corrected chi connectivity index (χ4v) is 5.62. The first-order valence-corrected chi connectivity index (χ1v) is 7.57. The second kappa shape index (κ2) is 3.12. The monoisotopic (exact) mass is 283 g/mol. The van der Waals surface area contributed by atoms with E-state index in [9.17, 15) is 0 Å². The molecule has 0 saturated carbocycles. The molecule has 1 aliphatic carbocycles. The van der Waals surface area contributed by atoms with Crippen molar-refractivity contribution in [3.05, 3.63) is 47.0 Å². The number of aryl methyl sites for hydroxylation is 1. The first-order chi connectivity index (χ1) is 6.45. The molecule has 68 valence electrons. The zero-order valence-electron chi connectivity index (χ0n) is 7.46. The molecule has 0 amide bonds. The van der Waals surface area contributed by atoms with Crippen LogP contribution in [0.5, 0.6) is 0 Å². The van der Waals surface area contributed by atoms with Crippen molar-refractivity contribution < 1.29 is 21.2 Å². The van der Waals surface area contributed by atoms with Crippen molar-refractivity contribution in [2.45, 2.75) is 16.8 Å². The minimum absolute atomic E-state index is 0.407. The zero-order chi connectivity index (χ0) is 8.67. The van der Waals surface area contributed by atoms with Gasteiger partial charge in [0.15, 0.2) is 0 Å². The summed E-state index contributed by atoms with van der Waals surface area (Å²) in [4.78, 5) is 0. The maximum atomic E-state index is 2.46. The predicted octanol–water partition coefficient (Wildman–Crippen LogP) is -0.515. The Bertz CT molecular complexity index is 365. The average molecular weight is 283 g/mol. The Kier molecular flexibility index (Phi) is 1.93. The van der Waals surface area contributed by atoms with Crippen LogP contribution in [0.3, 0.4) is 0 Å². The van der Waals surface area contributed by atoms with Crippen LogP contribution in [-0.4, -0.2) is 4.43 Å². The number of rotatable bonds is 0. The first kappa shape index (κ1) is 8.04. The molecule has 1 aliphatic heterocycles. The summed E-state index contributed by atoms with van der Waals surface area (Å²) >= 11 is 0.407. The van der Waals surface area contributed by atoms with E-state index in [4.69, 9.17) is 0 Å². The molecule has 0 nitrogen and oxygen atoms in total. The topological polar surface area (TPSA) is 0 Å². The van der Waals surface area contributed by atoms with Crippen molar-refractivity contribution in [2.75, 3.05) is 4.43 Å². The molecule has 1 aromatic carbocycles. The van der Waals surface area contributed by atoms with Gasteiger partial charge in [-0.2, -0.15) is 0 Å². The van der Waals surface area contributed by atoms with E-state index in [-0.39, 0.29) is 0 Å². The maximum absolute atomic E-state index is 2.46. The van der Waals surface area contributed by atoms with Gasteiger partial charge in [-0.1, -0.05) is 0 Å². The molecule has 0 radical (unpaired) electrons. The summed E-state index contributed by atoms with van der Waals surface area (Å²) in [5, 5.41) is 0. The van der Waals surface area contributed by atoms with Crippen molar-refractivity contribution in [3.8, 4) is 0 Å². The Hall–Kier alpha value is -0.310. The normalized spacial score (nSPS) is 24.8. The van der Waals surface area contributed by atoms with Crippen LogP contribution in [0.2, 0.25) is 0 Å². The Morgan fingerprint density at radius 2 is 2.15 bits per heavy atom. The summed E-state index contributed by atoms with van der Waals surface area (Å²) in [6.45, 7) is 0. The third-order valence-electron chi connectivity index (χ3n) is 2.84. The van der Waals surface area contributed by atoms with Crippen LogP contribution in [0.25, 0.3) is 0 Å². The van der Waals surface area contributed by atoms with E-state index in [1.54, 1.807) is 16.7 Å². The summed E-state index contributed by atoms with van der Waals surface area (Å²) in [6, 6.07) is 6.87. The summed E-state index contributed by atoms with van der Waals surface area (Å²) in [7, 11) is 0. The van der Waals surface area contributed by atoms with Crippen LogP contribution >= 0.6 is 0 Å². The van der Waals surface area contributed by atoms with Crippen LogP contribution in [0.15, 0.2) is 30.4 Å². The molecule has 13 heavy (non-hydrogen) atoms. The standard InChI is InChI=1S/C12H12I/c1-3-9-5-2-6-11-12(9)10(4-1)7-8-13-11/h1-4,6,11H,5,7-8H2/q-1. The number of allylic oxidation sites excluding steroid dienone is 2. The predicted molar refractivity (Wildman–Crippen MR) is 50.6 cm³/mol. The van der Waals surface area contributed by atoms with Gasteiger partial charge in [0, 0.05) is 0 Å². The number of hydrogen-bond donors (Lipinski definition) is 0. The molecule has 0 fully saturated rings. The van der Waals surface area contributed by atoms with Gasteiger partial charge < -0.3 is 0 Å². The van der Waals surface area contributed by atoms with E-state index < -0.39 is 0 Å². The van der Waals surface area contributed by atoms with Gasteiger partial charge in [0.1, 0.15) is 0 Å². The summed E-state index contributed by atoms with van der Waals surface area (Å²) in [5.74, 6) is 0. The van der Waals surface area contributed by atoms with Crippen molar-refractivity contribution in [1.29, 1.82) is 0 Å². The SMILES string of the molecule is C1=CC2[I-]CCc3cccc(c32)C1. The molecule has 1 aromatic rings. The van der Waals surface area contributed by atoms with Crippen molar-refractivity contribution in [1.82, 2.24) is 0 Å². The van der Waals surface area contributed by atoms with E-state index >= 15 is 0 Å². The van der Waals surface area contributed by atoms with Crippen molar-refractivity contribution in [3.63, 3.8) is 0 Å². The van der Waals surface area contributed by atoms with Crippen LogP contribution in [-0.2, 0) is 12.8 Å². The molecule has 1 atom stereocenters. The van der Waals surface area contributed by atoms with E-state index in [1.165, 1.54) is 17.3 Å². The number of alkyl halides is 2. The molecule has 0 aromatic heterocycles. The fourth-order valence-electron chi connectivity index (χ4n) is 2.23. The van der Waals surface area contributed by atoms with E-state index in [0.717, 1.165) is 3.92 Å². The van der Waals surface area contributed by atoms with Gasteiger partial charge >= 0.3 is 89.4 Å². The molecular weight excluding hydrogens is 271 g/mol. The summed E-state index contributed by atoms with van der Waals surface area (Å²) in [6.07, 6.45) is 7.34. The fraction of sp³-hybridized carbons (Fsp3) is 0.333. The van der Waals surface area contributed by atoms with Crippen LogP contribution < -0.4 is 21.2 Å². The van der Waals surface area contributed by atoms with Crippen molar-refractivity contribution >= 4 is 0 Å². The second-order valence-corrected chi connectivity index (χ2v) is 6.92. The molecule has 2 aliphatic rings. The van der Waals surface area contributed by atoms with Gasteiger partial charge in [0.05, 0.1) is 0 Å². The molecule has 0 spiro atoms. The van der Waals surface area contributed by atoms with Crippen molar-refractivity contribution in [2.24, 2.45) is 0 Å². The van der Waals surface area contributed by atoms with Gasteiger partial charge in [-0.3, -0.25) is 0 Å². The zero-order valence-corrected chi connectivity index (χ0v) is 9.62. The summed E-state index contributed by atoms with van der Waals surface area (Å²) in [5.41, 5.74) is 4.95. The molecule has 1 heterocycles. The Morgan fingerprint density at radius 1 is 1.23 bits per heavy atom. The van der Waals surface area contributed by atoms with Gasteiger partial charge in [0.2, 0.25) is 0 Å². The van der Waals surface area contributed by atoms with Gasteiger partial charge in [-0.15, -0.1) is 0 Å². The van der Waals surface area contributed by atoms with E-state index in [0.29, 0.717) is 21.2 Å². The summed E-state index contributed by atoms with van der Waals surface area (Å²) < 4.78 is 2.33.